The van der Waals surface area contributed by atoms with Crippen molar-refractivity contribution in [2.45, 2.75) is 45.8 Å². The van der Waals surface area contributed by atoms with E-state index in [1.54, 1.807) is 0 Å². The first-order valence-electron chi connectivity index (χ1n) is 7.77. The summed E-state index contributed by atoms with van der Waals surface area (Å²) in [7, 11) is 0. The van der Waals surface area contributed by atoms with Gasteiger partial charge in [0.1, 0.15) is 17.6 Å². The van der Waals surface area contributed by atoms with Crippen molar-refractivity contribution in [3.05, 3.63) is 11.1 Å². The molecule has 23 heavy (non-hydrogen) atoms. The molecule has 0 fully saturated rings. The van der Waals surface area contributed by atoms with Gasteiger partial charge in [0, 0.05) is 32.0 Å². The quantitative estimate of drug-likeness (QED) is 0.468. The van der Waals surface area contributed by atoms with Crippen LogP contribution in [0.5, 0.6) is 5.19 Å². The third-order valence-corrected chi connectivity index (χ3v) is 3.62. The number of nitrogens with zero attached hydrogens (tertiary/aromatic N) is 1. The number of carbonyl (C=O) groups is 1. The minimum Gasteiger partial charge on any atom is -0.467 e. The largest absolute Gasteiger partial charge is 0.467 e. The Morgan fingerprint density at radius 3 is 2.96 bits per heavy atom. The van der Waals surface area contributed by atoms with Crippen LogP contribution in [0.3, 0.4) is 0 Å². The second-order valence-electron chi connectivity index (χ2n) is 5.23. The van der Waals surface area contributed by atoms with Crippen LogP contribution < -0.4 is 15.4 Å². The van der Waals surface area contributed by atoms with Crippen molar-refractivity contribution in [3.63, 3.8) is 0 Å². The lowest BCUT2D eigenvalue weighted by atomic mass is 10.3. The van der Waals surface area contributed by atoms with Gasteiger partial charge >= 0.3 is 0 Å². The average Bonchev–Trinajstić information content (AvgIpc) is 2.99. The molecule has 1 unspecified atom stereocenters. The number of carbonyl (C=O) groups excluding carboxylic acids is 1. The number of aliphatic hydroxyl groups excluding tert-OH is 1. The zero-order chi connectivity index (χ0) is 17.1. The predicted molar refractivity (Wildman–Crippen MR) is 91.8 cm³/mol. The van der Waals surface area contributed by atoms with E-state index in [0.29, 0.717) is 35.6 Å². The Labute approximate surface area is 141 Å². The minimum absolute atomic E-state index is 0.140. The molecule has 1 amide bonds. The molecule has 0 bridgehead atoms. The van der Waals surface area contributed by atoms with E-state index in [1.165, 1.54) is 6.20 Å². The summed E-state index contributed by atoms with van der Waals surface area (Å²) in [5, 5.41) is 16.0. The molecule has 0 saturated heterocycles. The predicted octanol–water partition coefficient (Wildman–Crippen LogP) is 1.41. The first-order chi connectivity index (χ1) is 11.0. The van der Waals surface area contributed by atoms with Crippen LogP contribution in [0, 0.1) is 11.8 Å². The van der Waals surface area contributed by atoms with Gasteiger partial charge in [-0.2, -0.15) is 0 Å². The number of aromatic nitrogens is 1. The molecule has 0 aliphatic rings. The normalized spacial score (nSPS) is 11.7. The van der Waals surface area contributed by atoms with Gasteiger partial charge in [0.2, 0.25) is 0 Å². The highest BCUT2D eigenvalue weighted by Crippen LogP contribution is 2.20. The summed E-state index contributed by atoms with van der Waals surface area (Å²) in [6.07, 6.45) is 2.32. The van der Waals surface area contributed by atoms with E-state index >= 15 is 0 Å². The SMILES string of the molecule is CCC#CCCNC(=O)c1cnc(OCC(O)CNC(C)C)s1. The van der Waals surface area contributed by atoms with Crippen LogP contribution >= 0.6 is 11.3 Å². The van der Waals surface area contributed by atoms with E-state index in [-0.39, 0.29) is 12.5 Å². The molecule has 1 aromatic rings. The molecule has 1 rings (SSSR count). The smallest absolute Gasteiger partial charge is 0.273 e. The number of thiazole rings is 1. The number of aliphatic hydroxyl groups is 1. The monoisotopic (exact) mass is 339 g/mol. The van der Waals surface area contributed by atoms with Crippen LogP contribution in [-0.2, 0) is 0 Å². The van der Waals surface area contributed by atoms with Crippen LogP contribution in [0.15, 0.2) is 6.20 Å². The minimum atomic E-state index is -0.615. The van der Waals surface area contributed by atoms with Gasteiger partial charge in [0.25, 0.3) is 11.1 Å². The highest BCUT2D eigenvalue weighted by Gasteiger charge is 2.12. The topological polar surface area (TPSA) is 83.5 Å². The third kappa shape index (κ3) is 8.55. The zero-order valence-corrected chi connectivity index (χ0v) is 14.7. The molecule has 1 heterocycles. The van der Waals surface area contributed by atoms with Gasteiger partial charge in [-0.1, -0.05) is 32.1 Å². The molecule has 128 valence electrons. The lowest BCUT2D eigenvalue weighted by Gasteiger charge is -2.13. The zero-order valence-electron chi connectivity index (χ0n) is 13.9. The van der Waals surface area contributed by atoms with Gasteiger partial charge in [-0.3, -0.25) is 4.79 Å². The maximum atomic E-state index is 11.9. The van der Waals surface area contributed by atoms with Crippen LogP contribution in [0.4, 0.5) is 0 Å². The summed E-state index contributed by atoms with van der Waals surface area (Å²) in [6, 6.07) is 0.307. The van der Waals surface area contributed by atoms with Crippen molar-refractivity contribution in [1.29, 1.82) is 0 Å². The standard InChI is InChI=1S/C16H25N3O3S/c1-4-5-6-7-8-17-15(21)14-10-19-16(23-14)22-11-13(20)9-18-12(2)3/h10,12-13,18,20H,4,7-9,11H2,1-3H3,(H,17,21). The summed E-state index contributed by atoms with van der Waals surface area (Å²) >= 11 is 1.16. The van der Waals surface area contributed by atoms with Gasteiger partial charge in [-0.25, -0.2) is 4.98 Å². The van der Waals surface area contributed by atoms with Crippen molar-refractivity contribution in [3.8, 4) is 17.0 Å². The van der Waals surface area contributed by atoms with Gasteiger partial charge in [0.05, 0.1) is 6.20 Å². The summed E-state index contributed by atoms with van der Waals surface area (Å²) in [5.41, 5.74) is 0. The Balaban J connectivity index is 2.31. The number of nitrogens with one attached hydrogen (secondary N) is 2. The van der Waals surface area contributed by atoms with Crippen molar-refractivity contribution in [1.82, 2.24) is 15.6 Å². The van der Waals surface area contributed by atoms with Crippen molar-refractivity contribution in [2.24, 2.45) is 0 Å². The van der Waals surface area contributed by atoms with Crippen LogP contribution in [0.25, 0.3) is 0 Å². The number of hydrogen-bond acceptors (Lipinski definition) is 6. The summed E-state index contributed by atoms with van der Waals surface area (Å²) in [4.78, 5) is 16.4. The van der Waals surface area contributed by atoms with Crippen LogP contribution in [0.2, 0.25) is 0 Å². The Morgan fingerprint density at radius 2 is 2.26 bits per heavy atom. The van der Waals surface area contributed by atoms with E-state index in [0.717, 1.165) is 17.8 Å². The van der Waals surface area contributed by atoms with E-state index in [1.807, 2.05) is 20.8 Å². The summed E-state index contributed by atoms with van der Waals surface area (Å²) in [6.45, 7) is 7.11. The first-order valence-corrected chi connectivity index (χ1v) is 8.58. The second-order valence-corrected chi connectivity index (χ2v) is 6.22. The molecule has 0 spiro atoms. The maximum Gasteiger partial charge on any atom is 0.273 e. The fourth-order valence-corrected chi connectivity index (χ4v) is 2.26. The first kappa shape index (κ1) is 19.4. The van der Waals surface area contributed by atoms with E-state index < -0.39 is 6.10 Å². The van der Waals surface area contributed by atoms with Crippen molar-refractivity contribution >= 4 is 17.2 Å². The number of amides is 1. The van der Waals surface area contributed by atoms with Crippen molar-refractivity contribution < 1.29 is 14.6 Å². The average molecular weight is 339 g/mol. The van der Waals surface area contributed by atoms with E-state index in [4.69, 9.17) is 4.74 Å². The fourth-order valence-electron chi connectivity index (χ4n) is 1.57. The van der Waals surface area contributed by atoms with Gasteiger partial charge in [0.15, 0.2) is 0 Å². The Kier molecular flexibility index (Phi) is 9.29. The van der Waals surface area contributed by atoms with E-state index in [9.17, 15) is 9.90 Å². The molecule has 1 atom stereocenters. The third-order valence-electron chi connectivity index (χ3n) is 2.71. The Hall–Kier alpha value is -1.62. The fraction of sp³-hybridized carbons (Fsp3) is 0.625. The lowest BCUT2D eigenvalue weighted by Crippen LogP contribution is -2.35. The molecule has 6 nitrogen and oxygen atoms in total. The van der Waals surface area contributed by atoms with E-state index in [2.05, 4.69) is 27.5 Å². The van der Waals surface area contributed by atoms with Gasteiger partial charge < -0.3 is 20.5 Å². The molecular formula is C16H25N3O3S. The molecule has 0 aromatic carbocycles. The Morgan fingerprint density at radius 1 is 1.48 bits per heavy atom. The molecule has 0 radical (unpaired) electrons. The number of hydrogen-bond donors (Lipinski definition) is 3. The summed E-state index contributed by atoms with van der Waals surface area (Å²) in [5.74, 6) is 5.73. The molecule has 0 aliphatic carbocycles. The summed E-state index contributed by atoms with van der Waals surface area (Å²) < 4.78 is 5.40. The molecule has 0 saturated carbocycles. The van der Waals surface area contributed by atoms with Gasteiger partial charge in [-0.05, 0) is 0 Å². The molecule has 0 aliphatic heterocycles. The maximum absolute atomic E-state index is 11.9. The van der Waals surface area contributed by atoms with Crippen LogP contribution in [0.1, 0.15) is 43.3 Å². The lowest BCUT2D eigenvalue weighted by molar-refractivity contribution is 0.0958. The highest BCUT2D eigenvalue weighted by molar-refractivity contribution is 7.15. The number of rotatable bonds is 9. The molecule has 3 N–H and O–H groups in total. The Bertz CT molecular complexity index is 534. The van der Waals surface area contributed by atoms with Crippen LogP contribution in [-0.4, -0.2) is 47.8 Å². The molecule has 7 heteroatoms. The highest BCUT2D eigenvalue weighted by atomic mass is 32.1. The van der Waals surface area contributed by atoms with Crippen molar-refractivity contribution in [2.75, 3.05) is 19.7 Å². The van der Waals surface area contributed by atoms with Gasteiger partial charge in [-0.15, -0.1) is 11.8 Å². The molecule has 1 aromatic heterocycles. The second kappa shape index (κ2) is 11.0. The molecular weight excluding hydrogens is 314 g/mol. The number of ether oxygens (including phenoxy) is 1.